The van der Waals surface area contributed by atoms with E-state index in [9.17, 15) is 4.79 Å². The molecule has 1 aliphatic carbocycles. The lowest BCUT2D eigenvalue weighted by Gasteiger charge is -2.34. The van der Waals surface area contributed by atoms with E-state index in [-0.39, 0.29) is 18.6 Å². The fourth-order valence-corrected chi connectivity index (χ4v) is 3.36. The van der Waals surface area contributed by atoms with Gasteiger partial charge in [0, 0.05) is 16.8 Å². The quantitative estimate of drug-likeness (QED) is 0.757. The predicted octanol–water partition coefficient (Wildman–Crippen LogP) is 5.08. The molecule has 0 unspecified atom stereocenters. The van der Waals surface area contributed by atoms with Gasteiger partial charge < -0.3 is 9.64 Å². The molecule has 2 aromatic rings. The van der Waals surface area contributed by atoms with Crippen molar-refractivity contribution in [3.8, 4) is 5.75 Å². The minimum Gasteiger partial charge on any atom is -0.484 e. The third kappa shape index (κ3) is 4.30. The monoisotopic (exact) mass is 343 g/mol. The molecule has 1 aliphatic rings. The molecule has 0 saturated heterocycles. The number of para-hydroxylation sites is 1. The van der Waals surface area contributed by atoms with Crippen LogP contribution in [-0.4, -0.2) is 18.6 Å². The lowest BCUT2D eigenvalue weighted by atomic mass is 9.93. The molecular weight excluding hydrogens is 322 g/mol. The van der Waals surface area contributed by atoms with Crippen molar-refractivity contribution in [2.45, 2.75) is 38.1 Å². The molecule has 2 aromatic carbocycles. The lowest BCUT2D eigenvalue weighted by molar-refractivity contribution is -0.121. The summed E-state index contributed by atoms with van der Waals surface area (Å²) in [5.41, 5.74) is 0.953. The second kappa shape index (κ2) is 8.20. The van der Waals surface area contributed by atoms with E-state index in [2.05, 4.69) is 0 Å². The van der Waals surface area contributed by atoms with E-state index in [4.69, 9.17) is 16.3 Å². The van der Waals surface area contributed by atoms with Crippen LogP contribution in [0, 0.1) is 0 Å². The van der Waals surface area contributed by atoms with Crippen LogP contribution in [0.25, 0.3) is 0 Å². The Bertz CT molecular complexity index is 651. The molecule has 1 amide bonds. The highest BCUT2D eigenvalue weighted by Crippen LogP contribution is 2.27. The number of ether oxygens (including phenoxy) is 1. The number of nitrogens with zero attached hydrogens (tertiary/aromatic N) is 1. The Labute approximate surface area is 148 Å². The molecule has 0 radical (unpaired) electrons. The molecule has 1 saturated carbocycles. The highest BCUT2D eigenvalue weighted by molar-refractivity contribution is 6.30. The average molecular weight is 344 g/mol. The molecule has 0 aliphatic heterocycles. The zero-order chi connectivity index (χ0) is 16.8. The van der Waals surface area contributed by atoms with Crippen molar-refractivity contribution in [3.05, 3.63) is 59.6 Å². The largest absolute Gasteiger partial charge is 0.484 e. The van der Waals surface area contributed by atoms with E-state index in [1.165, 1.54) is 19.3 Å². The van der Waals surface area contributed by atoms with Crippen molar-refractivity contribution in [3.63, 3.8) is 0 Å². The SMILES string of the molecule is O=C(COc1ccc(Cl)cc1)N(c1ccccc1)C1CCCCC1. The van der Waals surface area contributed by atoms with E-state index >= 15 is 0 Å². The number of anilines is 1. The molecule has 3 nitrogen and oxygen atoms in total. The number of hydrogen-bond donors (Lipinski definition) is 0. The Morgan fingerprint density at radius 2 is 1.67 bits per heavy atom. The normalized spacial score (nSPS) is 15.0. The Morgan fingerprint density at radius 3 is 2.33 bits per heavy atom. The molecule has 0 atom stereocenters. The Morgan fingerprint density at radius 1 is 1.00 bits per heavy atom. The summed E-state index contributed by atoms with van der Waals surface area (Å²) in [6.07, 6.45) is 5.73. The number of benzene rings is 2. The third-order valence-electron chi connectivity index (χ3n) is 4.42. The van der Waals surface area contributed by atoms with Crippen LogP contribution in [0.2, 0.25) is 5.02 Å². The molecule has 3 rings (SSSR count). The Hall–Kier alpha value is -2.00. The minimum absolute atomic E-state index is 0.00282. The first-order chi connectivity index (χ1) is 11.7. The standard InChI is InChI=1S/C20H22ClNO2/c21-16-11-13-19(14-12-16)24-15-20(23)22(17-7-3-1-4-8-17)18-9-5-2-6-10-18/h1,3-4,7-8,11-14,18H,2,5-6,9-10,15H2. The second-order valence-corrected chi connectivity index (χ2v) is 6.57. The van der Waals surface area contributed by atoms with Gasteiger partial charge in [-0.1, -0.05) is 49.1 Å². The highest BCUT2D eigenvalue weighted by atomic mass is 35.5. The summed E-state index contributed by atoms with van der Waals surface area (Å²) in [6.45, 7) is 0.0347. The van der Waals surface area contributed by atoms with Gasteiger partial charge >= 0.3 is 0 Å². The molecule has 1 fully saturated rings. The van der Waals surface area contributed by atoms with Gasteiger partial charge in [0.25, 0.3) is 5.91 Å². The molecule has 0 aromatic heterocycles. The van der Waals surface area contributed by atoms with E-state index in [0.29, 0.717) is 10.8 Å². The number of hydrogen-bond acceptors (Lipinski definition) is 2. The lowest BCUT2D eigenvalue weighted by Crippen LogP contribution is -2.44. The second-order valence-electron chi connectivity index (χ2n) is 6.13. The van der Waals surface area contributed by atoms with Crippen LogP contribution in [0.5, 0.6) is 5.75 Å². The van der Waals surface area contributed by atoms with Gasteiger partial charge in [0.2, 0.25) is 0 Å². The van der Waals surface area contributed by atoms with Crippen molar-refractivity contribution in [2.24, 2.45) is 0 Å². The van der Waals surface area contributed by atoms with Gasteiger partial charge in [0.15, 0.2) is 6.61 Å². The van der Waals surface area contributed by atoms with Crippen molar-refractivity contribution < 1.29 is 9.53 Å². The van der Waals surface area contributed by atoms with Crippen LogP contribution in [-0.2, 0) is 4.79 Å². The van der Waals surface area contributed by atoms with Crippen molar-refractivity contribution in [1.82, 2.24) is 0 Å². The van der Waals surface area contributed by atoms with Gasteiger partial charge in [-0.15, -0.1) is 0 Å². The van der Waals surface area contributed by atoms with Crippen molar-refractivity contribution in [1.29, 1.82) is 0 Å². The number of carbonyl (C=O) groups is 1. The van der Waals surface area contributed by atoms with Gasteiger partial charge in [-0.25, -0.2) is 0 Å². The maximum atomic E-state index is 12.9. The zero-order valence-corrected chi connectivity index (χ0v) is 14.4. The smallest absolute Gasteiger partial charge is 0.265 e. The van der Waals surface area contributed by atoms with Crippen molar-refractivity contribution >= 4 is 23.2 Å². The van der Waals surface area contributed by atoms with E-state index in [1.807, 2.05) is 35.2 Å². The molecule has 24 heavy (non-hydrogen) atoms. The van der Waals surface area contributed by atoms with Crippen LogP contribution < -0.4 is 9.64 Å². The molecule has 0 heterocycles. The number of carbonyl (C=O) groups excluding carboxylic acids is 1. The van der Waals surface area contributed by atoms with E-state index in [0.717, 1.165) is 18.5 Å². The number of rotatable bonds is 5. The summed E-state index contributed by atoms with van der Waals surface area (Å²) < 4.78 is 5.67. The Balaban J connectivity index is 1.72. The summed E-state index contributed by atoms with van der Waals surface area (Å²) in [5.74, 6) is 0.660. The third-order valence-corrected chi connectivity index (χ3v) is 4.67. The van der Waals surface area contributed by atoms with Gasteiger partial charge in [0.1, 0.15) is 5.75 Å². The summed E-state index contributed by atoms with van der Waals surface area (Å²) >= 11 is 5.88. The fourth-order valence-electron chi connectivity index (χ4n) is 3.23. The topological polar surface area (TPSA) is 29.5 Å². The van der Waals surface area contributed by atoms with Crippen LogP contribution in [0.4, 0.5) is 5.69 Å². The molecule has 4 heteroatoms. The average Bonchev–Trinajstić information content (AvgIpc) is 2.63. The maximum absolute atomic E-state index is 12.9. The molecule has 126 valence electrons. The zero-order valence-electron chi connectivity index (χ0n) is 13.7. The summed E-state index contributed by atoms with van der Waals surface area (Å²) in [7, 11) is 0. The van der Waals surface area contributed by atoms with Gasteiger partial charge in [-0.3, -0.25) is 4.79 Å². The minimum atomic E-state index is 0.00282. The summed E-state index contributed by atoms with van der Waals surface area (Å²) in [6, 6.07) is 17.3. The molecule has 0 bridgehead atoms. The van der Waals surface area contributed by atoms with E-state index < -0.39 is 0 Å². The van der Waals surface area contributed by atoms with Gasteiger partial charge in [0.05, 0.1) is 0 Å². The Kier molecular flexibility index (Phi) is 5.76. The summed E-state index contributed by atoms with van der Waals surface area (Å²) in [5, 5.41) is 0.654. The van der Waals surface area contributed by atoms with Crippen LogP contribution in [0.15, 0.2) is 54.6 Å². The molecule has 0 N–H and O–H groups in total. The van der Waals surface area contributed by atoms with Crippen LogP contribution >= 0.6 is 11.6 Å². The van der Waals surface area contributed by atoms with Crippen molar-refractivity contribution in [2.75, 3.05) is 11.5 Å². The fraction of sp³-hybridized carbons (Fsp3) is 0.350. The van der Waals surface area contributed by atoms with Crippen LogP contribution in [0.3, 0.4) is 0 Å². The first-order valence-electron chi connectivity index (χ1n) is 8.49. The first kappa shape index (κ1) is 16.8. The number of amides is 1. The van der Waals surface area contributed by atoms with Gasteiger partial charge in [-0.05, 0) is 49.2 Å². The molecular formula is C20H22ClNO2. The molecule has 0 spiro atoms. The maximum Gasteiger partial charge on any atom is 0.265 e. The van der Waals surface area contributed by atoms with Crippen LogP contribution in [0.1, 0.15) is 32.1 Å². The predicted molar refractivity (Wildman–Crippen MR) is 97.7 cm³/mol. The number of halogens is 1. The van der Waals surface area contributed by atoms with E-state index in [1.54, 1.807) is 24.3 Å². The first-order valence-corrected chi connectivity index (χ1v) is 8.87. The van der Waals surface area contributed by atoms with Gasteiger partial charge in [-0.2, -0.15) is 0 Å². The highest BCUT2D eigenvalue weighted by Gasteiger charge is 2.27. The summed E-state index contributed by atoms with van der Waals surface area (Å²) in [4.78, 5) is 14.8.